The van der Waals surface area contributed by atoms with Crippen molar-refractivity contribution >= 4 is 47.2 Å². The second-order valence-electron chi connectivity index (χ2n) is 8.94. The van der Waals surface area contributed by atoms with Gasteiger partial charge >= 0.3 is 0 Å². The van der Waals surface area contributed by atoms with E-state index in [1.165, 1.54) is 0 Å². The third-order valence-corrected chi connectivity index (χ3v) is 6.11. The predicted octanol–water partition coefficient (Wildman–Crippen LogP) is 6.19. The lowest BCUT2D eigenvalue weighted by Gasteiger charge is -2.21. The Labute approximate surface area is 204 Å². The van der Waals surface area contributed by atoms with Crippen LogP contribution in [0.1, 0.15) is 50.4 Å². The molecule has 0 aliphatic carbocycles. The zero-order chi connectivity index (χ0) is 22.2. The van der Waals surface area contributed by atoms with E-state index < -0.39 is 0 Å². The van der Waals surface area contributed by atoms with Gasteiger partial charge in [-0.3, -0.25) is 14.8 Å². The average molecular weight is 494 g/mol. The molecule has 3 aromatic rings. The molecule has 1 aliphatic heterocycles. The van der Waals surface area contributed by atoms with E-state index >= 15 is 0 Å². The van der Waals surface area contributed by atoms with Crippen molar-refractivity contribution in [2.75, 3.05) is 5.32 Å². The summed E-state index contributed by atoms with van der Waals surface area (Å²) in [5.41, 5.74) is 2.68. The molecule has 1 amide bonds. The van der Waals surface area contributed by atoms with E-state index in [4.69, 9.17) is 28.3 Å². The summed E-state index contributed by atoms with van der Waals surface area (Å²) in [5, 5.41) is 12.7. The Bertz CT molecular complexity index is 1060. The number of benzene rings is 2. The highest BCUT2D eigenvalue weighted by Crippen LogP contribution is 2.40. The molecule has 1 saturated heterocycles. The van der Waals surface area contributed by atoms with Gasteiger partial charge in [-0.2, -0.15) is 5.10 Å². The molecule has 0 radical (unpaired) electrons. The average Bonchev–Trinajstić information content (AvgIpc) is 3.37. The fraction of sp³-hybridized carbons (Fsp3) is 0.333. The van der Waals surface area contributed by atoms with E-state index in [-0.39, 0.29) is 41.9 Å². The van der Waals surface area contributed by atoms with E-state index in [9.17, 15) is 4.79 Å². The van der Waals surface area contributed by atoms with Gasteiger partial charge in [-0.1, -0.05) is 35.3 Å². The van der Waals surface area contributed by atoms with Crippen LogP contribution in [-0.4, -0.2) is 21.7 Å². The Balaban J connectivity index is 0.00000289. The summed E-state index contributed by atoms with van der Waals surface area (Å²) in [6.07, 6.45) is 2.66. The van der Waals surface area contributed by atoms with Gasteiger partial charge in [0.05, 0.1) is 17.3 Å². The van der Waals surface area contributed by atoms with Gasteiger partial charge in [-0.05, 0) is 75.2 Å². The number of hydrogen-bond donors (Lipinski definition) is 2. The largest absolute Gasteiger partial charge is 0.325 e. The smallest absolute Gasteiger partial charge is 0.241 e. The molecular formula is C24H27Cl3N4O. The molecule has 5 nitrogen and oxygen atoms in total. The lowest BCUT2D eigenvalue weighted by atomic mass is 9.90. The van der Waals surface area contributed by atoms with Crippen LogP contribution < -0.4 is 10.6 Å². The Kier molecular flexibility index (Phi) is 7.56. The van der Waals surface area contributed by atoms with Gasteiger partial charge in [0.15, 0.2) is 0 Å². The molecule has 0 saturated carbocycles. The maximum Gasteiger partial charge on any atom is 0.241 e. The Morgan fingerprint density at radius 2 is 1.62 bits per heavy atom. The normalized spacial score (nSPS) is 20.6. The lowest BCUT2D eigenvalue weighted by molar-refractivity contribution is -0.117. The van der Waals surface area contributed by atoms with Gasteiger partial charge in [0.1, 0.15) is 0 Å². The van der Waals surface area contributed by atoms with Crippen LogP contribution in [0.15, 0.2) is 60.8 Å². The number of anilines is 1. The summed E-state index contributed by atoms with van der Waals surface area (Å²) in [7, 11) is 0. The summed E-state index contributed by atoms with van der Waals surface area (Å²) < 4.78 is 1.97. The molecule has 2 N–H and O–H groups in total. The number of halogens is 3. The topological polar surface area (TPSA) is 59.0 Å². The molecule has 0 bridgehead atoms. The summed E-state index contributed by atoms with van der Waals surface area (Å²) in [4.78, 5) is 13.0. The monoisotopic (exact) mass is 492 g/mol. The van der Waals surface area contributed by atoms with Crippen molar-refractivity contribution in [3.8, 4) is 0 Å². The first-order chi connectivity index (χ1) is 14.7. The molecule has 8 heteroatoms. The number of nitrogens with one attached hydrogen (secondary N) is 2. The summed E-state index contributed by atoms with van der Waals surface area (Å²) in [6, 6.07) is 16.6. The number of nitrogens with zero attached hydrogens (tertiary/aromatic N) is 2. The first-order valence-corrected chi connectivity index (χ1v) is 11.1. The second kappa shape index (κ2) is 9.84. The van der Waals surface area contributed by atoms with Crippen molar-refractivity contribution in [1.29, 1.82) is 0 Å². The Morgan fingerprint density at radius 1 is 1.03 bits per heavy atom. The Morgan fingerprint density at radius 3 is 2.19 bits per heavy atom. The van der Waals surface area contributed by atoms with E-state index in [1.54, 1.807) is 24.3 Å². The molecule has 1 aromatic heterocycles. The highest BCUT2D eigenvalue weighted by molar-refractivity contribution is 6.30. The molecule has 3 atom stereocenters. The number of rotatable bonds is 4. The van der Waals surface area contributed by atoms with Gasteiger partial charge in [0.25, 0.3) is 0 Å². The zero-order valence-corrected chi connectivity index (χ0v) is 20.5. The lowest BCUT2D eigenvalue weighted by Crippen LogP contribution is -2.36. The highest BCUT2D eigenvalue weighted by Gasteiger charge is 2.40. The van der Waals surface area contributed by atoms with E-state index in [1.807, 2.05) is 35.1 Å². The SMILES string of the molecule is CC(C)(C)n1ccc(C2C[C@@H](C(=O)Nc3ccc(Cl)cc3)N[C@H]2c2ccc(Cl)cc2)n1.Cl. The molecule has 1 aliphatic rings. The standard InChI is InChI=1S/C24H26Cl2N4O.ClH/c1-24(2,3)30-13-12-20(29-30)19-14-21(23(31)27-18-10-8-17(26)9-11-18)28-22(19)15-4-6-16(25)7-5-15;/h4-13,19,21-22,28H,14H2,1-3H3,(H,27,31);1H/t19?,21-,22-;/m0./s1. The van der Waals surface area contributed by atoms with Crippen molar-refractivity contribution < 1.29 is 4.79 Å². The highest BCUT2D eigenvalue weighted by atomic mass is 35.5. The fourth-order valence-corrected chi connectivity index (χ4v) is 4.19. The van der Waals surface area contributed by atoms with Crippen molar-refractivity contribution in [1.82, 2.24) is 15.1 Å². The molecule has 0 spiro atoms. The molecular weight excluding hydrogens is 467 g/mol. The predicted molar refractivity (Wildman–Crippen MR) is 133 cm³/mol. The van der Waals surface area contributed by atoms with Crippen LogP contribution in [0.25, 0.3) is 0 Å². The van der Waals surface area contributed by atoms with Crippen LogP contribution >= 0.6 is 35.6 Å². The first-order valence-electron chi connectivity index (χ1n) is 10.3. The third-order valence-electron chi connectivity index (χ3n) is 5.61. The molecule has 170 valence electrons. The number of amides is 1. The molecule has 1 fully saturated rings. The zero-order valence-electron chi connectivity index (χ0n) is 18.2. The fourth-order valence-electron chi connectivity index (χ4n) is 3.94. The van der Waals surface area contributed by atoms with Crippen LogP contribution in [0, 0.1) is 0 Å². The summed E-state index contributed by atoms with van der Waals surface area (Å²) in [6.45, 7) is 6.36. The van der Waals surface area contributed by atoms with Gasteiger partial charge in [-0.15, -0.1) is 12.4 Å². The second-order valence-corrected chi connectivity index (χ2v) is 9.82. The number of aromatic nitrogens is 2. The van der Waals surface area contributed by atoms with Crippen molar-refractivity contribution in [3.63, 3.8) is 0 Å². The number of carbonyl (C=O) groups excluding carboxylic acids is 1. The van der Waals surface area contributed by atoms with Gasteiger partial charge < -0.3 is 5.32 Å². The van der Waals surface area contributed by atoms with E-state index in [0.29, 0.717) is 16.5 Å². The van der Waals surface area contributed by atoms with Crippen LogP contribution in [-0.2, 0) is 10.3 Å². The van der Waals surface area contributed by atoms with Crippen molar-refractivity contribution in [2.24, 2.45) is 0 Å². The van der Waals surface area contributed by atoms with E-state index in [0.717, 1.165) is 16.9 Å². The molecule has 4 rings (SSSR count). The Hall–Kier alpha value is -2.05. The van der Waals surface area contributed by atoms with Gasteiger partial charge in [0, 0.05) is 33.9 Å². The maximum atomic E-state index is 13.0. The van der Waals surface area contributed by atoms with Crippen LogP contribution in [0.4, 0.5) is 5.69 Å². The maximum absolute atomic E-state index is 13.0. The van der Waals surface area contributed by atoms with Crippen molar-refractivity contribution in [3.05, 3.63) is 82.1 Å². The van der Waals surface area contributed by atoms with Gasteiger partial charge in [0.2, 0.25) is 5.91 Å². The molecule has 2 aromatic carbocycles. The molecule has 1 unspecified atom stereocenters. The number of hydrogen-bond acceptors (Lipinski definition) is 3. The summed E-state index contributed by atoms with van der Waals surface area (Å²) in [5.74, 6) is -0.00946. The first kappa shape index (κ1) is 24.6. The molecule has 2 heterocycles. The minimum absolute atomic E-state index is 0. The van der Waals surface area contributed by atoms with Crippen molar-refractivity contribution in [2.45, 2.75) is 50.7 Å². The molecule has 32 heavy (non-hydrogen) atoms. The van der Waals surface area contributed by atoms with Crippen LogP contribution in [0.5, 0.6) is 0 Å². The quantitative estimate of drug-likeness (QED) is 0.455. The number of carbonyl (C=O) groups is 1. The van der Waals surface area contributed by atoms with Crippen LogP contribution in [0.3, 0.4) is 0 Å². The summed E-state index contributed by atoms with van der Waals surface area (Å²) >= 11 is 12.0. The van der Waals surface area contributed by atoms with Gasteiger partial charge in [-0.25, -0.2) is 0 Å². The van der Waals surface area contributed by atoms with Crippen LogP contribution in [0.2, 0.25) is 10.0 Å². The van der Waals surface area contributed by atoms with E-state index in [2.05, 4.69) is 37.5 Å². The minimum Gasteiger partial charge on any atom is -0.325 e. The minimum atomic E-state index is -0.346. The third kappa shape index (κ3) is 5.46.